The van der Waals surface area contributed by atoms with E-state index in [-0.39, 0.29) is 26.4 Å². The van der Waals surface area contributed by atoms with Gasteiger partial charge in [0.2, 0.25) is 0 Å². The Morgan fingerprint density at radius 2 is 0.515 bits per heavy atom. The SMILES string of the molecule is BCc1ccc(OCCCc2cn(CCOCCOCC(COCC(COCCOCCn3cc(CCCOc4ccc(CB)cc4)nn3)OCCOCCn3cc(CCCOc4ccc(CB)cc4)nn3)OCCOCCn3cc(CCCOc4ccc(CB)cc4)nn3)nn2)cc1. The zero-order valence-corrected chi connectivity index (χ0v) is 58.8. The lowest BCUT2D eigenvalue weighted by molar-refractivity contribution is -0.109. The van der Waals surface area contributed by atoms with E-state index in [1.54, 1.807) is 18.7 Å². The quantitative estimate of drug-likeness (QED) is 0.0390. The molecule has 0 aliphatic rings. The van der Waals surface area contributed by atoms with Crippen molar-refractivity contribution in [1.82, 2.24) is 60.0 Å². The number of nitrogens with zero attached hydrogens (tertiary/aromatic N) is 12. The highest BCUT2D eigenvalue weighted by molar-refractivity contribution is 6.09. The van der Waals surface area contributed by atoms with E-state index in [1.165, 1.54) is 22.3 Å². The third-order valence-electron chi connectivity index (χ3n) is 16.0. The molecule has 4 heterocycles. The summed E-state index contributed by atoms with van der Waals surface area (Å²) in [6.45, 7) is 10.3. The zero-order valence-electron chi connectivity index (χ0n) is 58.8. The maximum atomic E-state index is 6.33. The Morgan fingerprint density at radius 1 is 0.273 bits per heavy atom. The van der Waals surface area contributed by atoms with Gasteiger partial charge < -0.3 is 61.6 Å². The standard InChI is InChI=1S/C70H102B4N12O13/c71-45-57-9-17-65(18-10-57)94-29-1-5-61-49-83(79-75-61)25-33-87-37-39-91-53-69(98-43-41-89-35-27-85-51-63(77-81-85)7-3-31-96-67-21-13-59(47-73)14-22-67)55-93-56-70(99-44-42-90-36-28-86-52-64(78-82-86)8-4-32-97-68-23-15-60(48-74)16-24-68)54-92-40-38-88-34-26-84-50-62(76-80-84)6-2-30-95-66-19-11-58(46-72)12-20-66/h9-24,49-52,69-70H,1-8,25-48,53-56,71-74H2. The van der Waals surface area contributed by atoms with Gasteiger partial charge in [0.05, 0.1) is 181 Å². The van der Waals surface area contributed by atoms with Crippen LogP contribution >= 0.6 is 0 Å². The van der Waals surface area contributed by atoms with Crippen molar-refractivity contribution in [1.29, 1.82) is 0 Å². The summed E-state index contributed by atoms with van der Waals surface area (Å²) in [5.74, 6) is 3.51. The highest BCUT2D eigenvalue weighted by atomic mass is 16.6. The number of benzene rings is 4. The topological polar surface area (TPSA) is 243 Å². The van der Waals surface area contributed by atoms with Crippen LogP contribution in [0, 0.1) is 0 Å². The number of aryl methyl sites for hydroxylation is 4. The first-order valence-corrected chi connectivity index (χ1v) is 35.6. The predicted octanol–water partition coefficient (Wildman–Crippen LogP) is 3.62. The molecule has 0 radical (unpaired) electrons. The first-order valence-electron chi connectivity index (χ1n) is 35.6. The van der Waals surface area contributed by atoms with Crippen molar-refractivity contribution < 1.29 is 61.6 Å². The van der Waals surface area contributed by atoms with Crippen LogP contribution in [0.5, 0.6) is 23.0 Å². The number of ether oxygens (including phenoxy) is 13. The van der Waals surface area contributed by atoms with Crippen LogP contribution < -0.4 is 18.9 Å². The molecular weight excluding hydrogens is 1260 g/mol. The van der Waals surface area contributed by atoms with E-state index in [0.29, 0.717) is 132 Å². The smallest absolute Gasteiger partial charge is 0.119 e. The van der Waals surface area contributed by atoms with E-state index in [4.69, 9.17) is 61.6 Å². The summed E-state index contributed by atoms with van der Waals surface area (Å²) in [6.07, 6.45) is 17.4. The summed E-state index contributed by atoms with van der Waals surface area (Å²) in [6, 6.07) is 33.0. The van der Waals surface area contributed by atoms with Gasteiger partial charge in [-0.1, -0.05) is 117 Å². The summed E-state index contributed by atoms with van der Waals surface area (Å²) in [7, 11) is 8.57. The maximum Gasteiger partial charge on any atom is 0.119 e. The van der Waals surface area contributed by atoms with Gasteiger partial charge in [0, 0.05) is 24.8 Å². The van der Waals surface area contributed by atoms with E-state index < -0.39 is 12.2 Å². The molecule has 0 saturated heterocycles. The van der Waals surface area contributed by atoms with Crippen molar-refractivity contribution in [2.45, 2.75) is 115 Å². The van der Waals surface area contributed by atoms with Gasteiger partial charge in [-0.25, -0.2) is 18.7 Å². The van der Waals surface area contributed by atoms with Crippen LogP contribution in [0.4, 0.5) is 0 Å². The van der Waals surface area contributed by atoms with Crippen LogP contribution in [0.3, 0.4) is 0 Å². The Hall–Kier alpha value is -7.46. The molecule has 8 rings (SSSR count). The van der Waals surface area contributed by atoms with Gasteiger partial charge in [0.25, 0.3) is 0 Å². The minimum atomic E-state index is -0.414. The van der Waals surface area contributed by atoms with Crippen molar-refractivity contribution in [3.63, 3.8) is 0 Å². The van der Waals surface area contributed by atoms with E-state index >= 15 is 0 Å². The van der Waals surface area contributed by atoms with Gasteiger partial charge in [0.1, 0.15) is 66.6 Å². The molecular formula is C70H102B4N12O13. The van der Waals surface area contributed by atoms with Gasteiger partial charge in [-0.2, -0.15) is 0 Å². The lowest BCUT2D eigenvalue weighted by Gasteiger charge is -2.22. The highest BCUT2D eigenvalue weighted by Gasteiger charge is 2.16. The minimum Gasteiger partial charge on any atom is -0.494 e. The van der Waals surface area contributed by atoms with Crippen molar-refractivity contribution in [3.8, 4) is 23.0 Å². The second-order valence-electron chi connectivity index (χ2n) is 23.8. The lowest BCUT2D eigenvalue weighted by atomic mass is 9.97. The molecule has 4 aromatic carbocycles. The van der Waals surface area contributed by atoms with Gasteiger partial charge in [-0.3, -0.25) is 0 Å². The summed E-state index contributed by atoms with van der Waals surface area (Å²) in [5, 5.41) is 34.6. The number of aromatic nitrogens is 12. The van der Waals surface area contributed by atoms with Gasteiger partial charge in [0.15, 0.2) is 0 Å². The van der Waals surface area contributed by atoms with Crippen LogP contribution in [0.2, 0.25) is 0 Å². The van der Waals surface area contributed by atoms with Crippen LogP contribution in [0.1, 0.15) is 70.7 Å². The molecule has 29 heteroatoms. The third-order valence-corrected chi connectivity index (χ3v) is 16.0. The highest BCUT2D eigenvalue weighted by Crippen LogP contribution is 2.17. The average molecular weight is 1360 g/mol. The first kappa shape index (κ1) is 77.3. The summed E-state index contributed by atoms with van der Waals surface area (Å²) < 4.78 is 86.0. The fourth-order valence-corrected chi connectivity index (χ4v) is 10.2. The molecule has 8 aromatic rings. The van der Waals surface area contributed by atoms with Gasteiger partial charge in [-0.15, -0.1) is 20.4 Å². The number of rotatable bonds is 58. The third kappa shape index (κ3) is 32.2. The number of hydrogen-bond donors (Lipinski definition) is 0. The molecule has 2 atom stereocenters. The van der Waals surface area contributed by atoms with E-state index in [9.17, 15) is 0 Å². The zero-order chi connectivity index (χ0) is 68.8. The van der Waals surface area contributed by atoms with Crippen molar-refractivity contribution in [2.75, 3.05) is 132 Å². The average Bonchev–Trinajstić information content (AvgIpc) is 2.17. The molecule has 0 N–H and O–H groups in total. The van der Waals surface area contributed by atoms with E-state index in [0.717, 1.165) is 122 Å². The summed E-state index contributed by atoms with van der Waals surface area (Å²) in [5.41, 5.74) is 8.81. The van der Waals surface area contributed by atoms with Crippen molar-refractivity contribution in [3.05, 3.63) is 167 Å². The van der Waals surface area contributed by atoms with E-state index in [2.05, 4.69) is 121 Å². The Bertz CT molecular complexity index is 3120. The molecule has 0 amide bonds. The fraction of sp³-hybridized carbons (Fsp3) is 0.543. The van der Waals surface area contributed by atoms with Crippen LogP contribution in [-0.2, 0) is 120 Å². The molecule has 99 heavy (non-hydrogen) atoms. The van der Waals surface area contributed by atoms with E-state index in [1.807, 2.05) is 73.3 Å². The molecule has 532 valence electrons. The van der Waals surface area contributed by atoms with Crippen molar-refractivity contribution in [2.24, 2.45) is 0 Å². The van der Waals surface area contributed by atoms with Gasteiger partial charge in [-0.05, 0) is 99.9 Å². The monoisotopic (exact) mass is 1360 g/mol. The van der Waals surface area contributed by atoms with Crippen molar-refractivity contribution >= 4 is 31.4 Å². The first-order chi connectivity index (χ1) is 48.9. The molecule has 0 spiro atoms. The lowest BCUT2D eigenvalue weighted by Crippen LogP contribution is -2.32. The molecule has 2 unspecified atom stereocenters. The largest absolute Gasteiger partial charge is 0.494 e. The summed E-state index contributed by atoms with van der Waals surface area (Å²) >= 11 is 0. The van der Waals surface area contributed by atoms with Crippen LogP contribution in [0.25, 0.3) is 0 Å². The van der Waals surface area contributed by atoms with Crippen LogP contribution in [-0.4, -0.2) is 236 Å². The molecule has 4 aromatic heterocycles. The Morgan fingerprint density at radius 3 is 0.778 bits per heavy atom. The molecule has 0 saturated carbocycles. The minimum absolute atomic E-state index is 0.232. The molecule has 0 fully saturated rings. The molecule has 0 aliphatic heterocycles. The number of hydrogen-bond acceptors (Lipinski definition) is 21. The Kier molecular flexibility index (Phi) is 37.1. The maximum absolute atomic E-state index is 6.33. The predicted molar refractivity (Wildman–Crippen MR) is 385 cm³/mol. The molecule has 0 aliphatic carbocycles. The normalized spacial score (nSPS) is 12.1. The summed E-state index contributed by atoms with van der Waals surface area (Å²) in [4.78, 5) is 0. The van der Waals surface area contributed by atoms with Gasteiger partial charge >= 0.3 is 0 Å². The van der Waals surface area contributed by atoms with Crippen LogP contribution in [0.15, 0.2) is 122 Å². The fourth-order valence-electron chi connectivity index (χ4n) is 10.2. The second-order valence-corrected chi connectivity index (χ2v) is 23.8. The molecule has 0 bridgehead atoms. The second kappa shape index (κ2) is 47.6. The Labute approximate surface area is 587 Å². The molecule has 25 nitrogen and oxygen atoms in total. The Balaban J connectivity index is 0.749.